The van der Waals surface area contributed by atoms with Crippen LogP contribution in [0.4, 0.5) is 0 Å². The fraction of sp³-hybridized carbons (Fsp3) is 0. The molecular formula is HCl4KSi. The summed E-state index contributed by atoms with van der Waals surface area (Å²) in [4.78, 5) is 0. The summed E-state index contributed by atoms with van der Waals surface area (Å²) in [7, 11) is 0. The Morgan fingerprint density at radius 1 is 1.00 bits per heavy atom. The van der Waals surface area contributed by atoms with Crippen LogP contribution in [0.5, 0.6) is 0 Å². The summed E-state index contributed by atoms with van der Waals surface area (Å²) in [6.45, 7) is 0. The van der Waals surface area contributed by atoms with E-state index in [1.807, 2.05) is 0 Å². The van der Waals surface area contributed by atoms with Crippen molar-refractivity contribution in [3.63, 3.8) is 0 Å². The molecule has 0 aromatic carbocycles. The Bertz CT molecular complexity index is 27.2. The zero-order valence-corrected chi connectivity index (χ0v) is 10.2. The van der Waals surface area contributed by atoms with Gasteiger partial charge in [-0.05, 0) is 0 Å². The fourth-order valence-electron chi connectivity index (χ4n) is 0. The maximum Gasteiger partial charge on any atom is 1.00 e. The Hall–Kier alpha value is 3.01. The van der Waals surface area contributed by atoms with Crippen molar-refractivity contribution in [1.29, 1.82) is 0 Å². The largest absolute Gasteiger partial charge is 1.00 e. The molecule has 6 heavy (non-hydrogen) atoms. The second-order valence-corrected chi connectivity index (χ2v) is 11.6. The second-order valence-electron chi connectivity index (χ2n) is 0.429. The Morgan fingerprint density at radius 2 is 1.00 bits per heavy atom. The Morgan fingerprint density at radius 3 is 1.00 bits per heavy atom. The predicted octanol–water partition coefficient (Wildman–Crippen LogP) is -0.506. The minimum atomic E-state index is -2.72. The number of hydrogen-bond acceptors (Lipinski definition) is 0. The van der Waals surface area contributed by atoms with Gasteiger partial charge < -0.3 is 1.43 Å². The summed E-state index contributed by atoms with van der Waals surface area (Å²) < 4.78 is 0. The number of halogens is 4. The van der Waals surface area contributed by atoms with E-state index in [0.717, 1.165) is 0 Å². The van der Waals surface area contributed by atoms with Gasteiger partial charge in [0.15, 0.2) is 0 Å². The van der Waals surface area contributed by atoms with Crippen molar-refractivity contribution >= 4 is 49.6 Å². The van der Waals surface area contributed by atoms with E-state index in [1.54, 1.807) is 0 Å². The standard InChI is InChI=1S/Cl4Si.K.H/c1-5(2,3)4;;/q;+1;-1. The summed E-state index contributed by atoms with van der Waals surface area (Å²) in [5.74, 6) is 0. The summed E-state index contributed by atoms with van der Waals surface area (Å²) in [6.07, 6.45) is 0. The van der Waals surface area contributed by atoms with E-state index < -0.39 is 5.31 Å². The number of hydrogen-bond donors (Lipinski definition) is 0. The molecule has 0 bridgehead atoms. The van der Waals surface area contributed by atoms with Crippen molar-refractivity contribution in [2.75, 3.05) is 0 Å². The van der Waals surface area contributed by atoms with Crippen molar-refractivity contribution in [2.24, 2.45) is 0 Å². The third-order valence-corrected chi connectivity index (χ3v) is 0. The van der Waals surface area contributed by atoms with Crippen LogP contribution >= 0.6 is 44.3 Å². The molecule has 0 aromatic heterocycles. The topological polar surface area (TPSA) is 0 Å². The van der Waals surface area contributed by atoms with Crippen LogP contribution in [0.1, 0.15) is 1.43 Å². The predicted molar refractivity (Wildman–Crippen MR) is 30.3 cm³/mol. The molecule has 0 amide bonds. The minimum absolute atomic E-state index is 0. The second kappa shape index (κ2) is 4.85. The van der Waals surface area contributed by atoms with Crippen LogP contribution in [-0.4, -0.2) is 5.31 Å². The van der Waals surface area contributed by atoms with Crippen LogP contribution in [0.25, 0.3) is 0 Å². The summed E-state index contributed by atoms with van der Waals surface area (Å²) in [5, 5.41) is -2.72. The first-order valence-electron chi connectivity index (χ1n) is 0.756. The van der Waals surface area contributed by atoms with E-state index in [2.05, 4.69) is 0 Å². The molecule has 0 saturated heterocycles. The van der Waals surface area contributed by atoms with Crippen molar-refractivity contribution < 1.29 is 52.8 Å². The maximum absolute atomic E-state index is 4.97. The molecule has 0 unspecified atom stereocenters. The molecule has 0 aromatic rings. The van der Waals surface area contributed by atoms with Gasteiger partial charge in [0.05, 0.1) is 0 Å². The quantitative estimate of drug-likeness (QED) is 0.373. The summed E-state index contributed by atoms with van der Waals surface area (Å²) in [5.41, 5.74) is 0. The van der Waals surface area contributed by atoms with Crippen molar-refractivity contribution in [3.8, 4) is 0 Å². The van der Waals surface area contributed by atoms with E-state index in [0.29, 0.717) is 0 Å². The molecule has 0 aliphatic heterocycles. The van der Waals surface area contributed by atoms with Crippen LogP contribution in [0.3, 0.4) is 0 Å². The molecule has 0 heterocycles. The van der Waals surface area contributed by atoms with E-state index in [1.165, 1.54) is 0 Å². The van der Waals surface area contributed by atoms with Crippen LogP contribution in [0, 0.1) is 0 Å². The first kappa shape index (κ1) is 11.8. The maximum atomic E-state index is 4.97. The third kappa shape index (κ3) is 27.9. The molecule has 34 valence electrons. The van der Waals surface area contributed by atoms with Gasteiger partial charge in [0, 0.05) is 0 Å². The molecule has 0 aliphatic rings. The monoisotopic (exact) mass is 208 g/mol. The van der Waals surface area contributed by atoms with Crippen molar-refractivity contribution in [1.82, 2.24) is 0 Å². The first-order chi connectivity index (χ1) is 2.00. The molecule has 6 heteroatoms. The zero-order chi connectivity index (χ0) is 4.50. The van der Waals surface area contributed by atoms with Gasteiger partial charge in [-0.1, -0.05) is 0 Å². The molecule has 0 aliphatic carbocycles. The van der Waals surface area contributed by atoms with Gasteiger partial charge in [-0.25, -0.2) is 0 Å². The van der Waals surface area contributed by atoms with Crippen molar-refractivity contribution in [3.05, 3.63) is 0 Å². The summed E-state index contributed by atoms with van der Waals surface area (Å²) >= 11 is 19.9. The Labute approximate surface area is 100 Å². The molecule has 0 saturated carbocycles. The molecule has 0 spiro atoms. The zero-order valence-electron chi connectivity index (χ0n) is 4.01. The molecule has 0 radical (unpaired) electrons. The van der Waals surface area contributed by atoms with Crippen LogP contribution in [0.2, 0.25) is 0 Å². The Balaban J connectivity index is -0.0000000800. The van der Waals surface area contributed by atoms with Gasteiger partial charge in [-0.3, -0.25) is 0 Å². The molecular weight excluding hydrogens is 209 g/mol. The van der Waals surface area contributed by atoms with Crippen LogP contribution < -0.4 is 51.4 Å². The minimum Gasteiger partial charge on any atom is -1.00 e. The normalized spacial score (nSPS) is 10.0. The Kier molecular flexibility index (Phi) is 9.51. The van der Waals surface area contributed by atoms with E-state index >= 15 is 0 Å². The van der Waals surface area contributed by atoms with Crippen LogP contribution in [0.15, 0.2) is 0 Å². The number of rotatable bonds is 0. The van der Waals surface area contributed by atoms with E-state index in [4.69, 9.17) is 44.3 Å². The van der Waals surface area contributed by atoms with Gasteiger partial charge in [-0.2, -0.15) is 0 Å². The first-order valence-corrected chi connectivity index (χ1v) is 6.80. The molecule has 0 rings (SSSR count). The SMILES string of the molecule is Cl[Si](Cl)(Cl)Cl.[H-].[K+]. The molecule has 0 fully saturated rings. The van der Waals surface area contributed by atoms with Gasteiger partial charge in [0.2, 0.25) is 0 Å². The van der Waals surface area contributed by atoms with Gasteiger partial charge >= 0.3 is 56.7 Å². The average Bonchev–Trinajstić information content (AvgIpc) is 0.722. The molecule has 0 atom stereocenters. The molecule has 0 nitrogen and oxygen atoms in total. The van der Waals surface area contributed by atoms with Gasteiger partial charge in [0.1, 0.15) is 0 Å². The van der Waals surface area contributed by atoms with E-state index in [-0.39, 0.29) is 52.8 Å². The van der Waals surface area contributed by atoms with Crippen molar-refractivity contribution in [2.45, 2.75) is 0 Å². The average molecular weight is 210 g/mol. The van der Waals surface area contributed by atoms with Gasteiger partial charge in [0.25, 0.3) is 0 Å². The van der Waals surface area contributed by atoms with Crippen LogP contribution in [-0.2, 0) is 0 Å². The van der Waals surface area contributed by atoms with E-state index in [9.17, 15) is 0 Å². The fourth-order valence-corrected chi connectivity index (χ4v) is 0. The summed E-state index contributed by atoms with van der Waals surface area (Å²) in [6, 6.07) is 0. The smallest absolute Gasteiger partial charge is 1.00 e. The third-order valence-electron chi connectivity index (χ3n) is 0. The molecule has 0 N–H and O–H groups in total. The van der Waals surface area contributed by atoms with Gasteiger partial charge in [-0.15, -0.1) is 44.3 Å².